The number of hydrogen-bond acceptors (Lipinski definition) is 5. The molecule has 0 aliphatic carbocycles. The zero-order chi connectivity index (χ0) is 24.6. The van der Waals surface area contributed by atoms with Gasteiger partial charge in [0.15, 0.2) is 5.72 Å². The Kier molecular flexibility index (Phi) is 6.09. The quantitative estimate of drug-likeness (QED) is 0.700. The number of fused-ring (bicyclic) bond motifs is 1. The Morgan fingerprint density at radius 2 is 2.03 bits per heavy atom. The molecule has 5 rings (SSSR count). The molecule has 1 atom stereocenters. The highest BCUT2D eigenvalue weighted by Crippen LogP contribution is 2.36. The molecule has 35 heavy (non-hydrogen) atoms. The molecule has 7 heteroatoms. The van der Waals surface area contributed by atoms with Crippen LogP contribution in [-0.4, -0.2) is 53.4 Å². The van der Waals surface area contributed by atoms with Crippen LogP contribution in [0.5, 0.6) is 11.5 Å². The summed E-state index contributed by atoms with van der Waals surface area (Å²) in [6.07, 6.45) is 6.14. The standard InChI is InChI=1S/C28H31N3O4/c1-4-21-8-10-24(29-21)19-6-5-7-20(16-19)27(33)31-14-12-28(13-15-31)30-26(32)23-17-22(34-18(2)3)9-11-25(23)35-28/h5-11,16-18,21H,4,12-15H2,1-3H3,(H,30,32). The molecule has 182 valence electrons. The minimum atomic E-state index is -0.804. The van der Waals surface area contributed by atoms with Crippen LogP contribution in [0.4, 0.5) is 0 Å². The molecule has 0 aromatic heterocycles. The molecule has 1 spiro atoms. The van der Waals surface area contributed by atoms with Crippen molar-refractivity contribution in [2.45, 2.75) is 57.9 Å². The summed E-state index contributed by atoms with van der Waals surface area (Å²) in [5.41, 5.74) is 2.19. The number of benzene rings is 2. The smallest absolute Gasteiger partial charge is 0.258 e. The van der Waals surface area contributed by atoms with Gasteiger partial charge in [0.05, 0.1) is 23.4 Å². The summed E-state index contributed by atoms with van der Waals surface area (Å²) >= 11 is 0. The van der Waals surface area contributed by atoms with Crippen molar-refractivity contribution in [2.24, 2.45) is 4.99 Å². The zero-order valence-electron chi connectivity index (χ0n) is 20.4. The van der Waals surface area contributed by atoms with Crippen molar-refractivity contribution in [1.82, 2.24) is 10.2 Å². The van der Waals surface area contributed by atoms with E-state index in [-0.39, 0.29) is 24.0 Å². The molecule has 1 saturated heterocycles. The van der Waals surface area contributed by atoms with Crippen LogP contribution in [-0.2, 0) is 0 Å². The number of likely N-dealkylation sites (tertiary alicyclic amines) is 1. The van der Waals surface area contributed by atoms with Gasteiger partial charge in [-0.15, -0.1) is 0 Å². The lowest BCUT2D eigenvalue weighted by molar-refractivity contribution is -0.0246. The SMILES string of the molecule is CCC1C=CC(c2cccc(C(=O)N3CCC4(CC3)NC(=O)c3cc(OC(C)C)ccc3O4)c2)=N1. The first kappa shape index (κ1) is 23.1. The Morgan fingerprint density at radius 3 is 2.74 bits per heavy atom. The van der Waals surface area contributed by atoms with Crippen LogP contribution in [0.1, 0.15) is 66.3 Å². The molecule has 2 aromatic carbocycles. The topological polar surface area (TPSA) is 80.2 Å². The molecule has 0 bridgehead atoms. The third-order valence-corrected chi connectivity index (χ3v) is 6.68. The molecule has 3 heterocycles. The van der Waals surface area contributed by atoms with E-state index in [1.807, 2.05) is 55.2 Å². The van der Waals surface area contributed by atoms with Crippen molar-refractivity contribution < 1.29 is 19.1 Å². The van der Waals surface area contributed by atoms with Crippen molar-refractivity contribution in [3.05, 3.63) is 71.3 Å². The number of piperidine rings is 1. The highest BCUT2D eigenvalue weighted by atomic mass is 16.5. The van der Waals surface area contributed by atoms with Crippen molar-refractivity contribution in [2.75, 3.05) is 13.1 Å². The van der Waals surface area contributed by atoms with Gasteiger partial charge in [0.1, 0.15) is 11.5 Å². The molecule has 3 aliphatic rings. The summed E-state index contributed by atoms with van der Waals surface area (Å²) in [5, 5.41) is 3.05. The fourth-order valence-electron chi connectivity index (χ4n) is 4.79. The summed E-state index contributed by atoms with van der Waals surface area (Å²) in [6, 6.07) is 13.2. The summed E-state index contributed by atoms with van der Waals surface area (Å²) in [5.74, 6) is 0.992. The largest absolute Gasteiger partial charge is 0.491 e. The van der Waals surface area contributed by atoms with Gasteiger partial charge in [-0.3, -0.25) is 14.6 Å². The fourth-order valence-corrected chi connectivity index (χ4v) is 4.79. The third-order valence-electron chi connectivity index (χ3n) is 6.68. The van der Waals surface area contributed by atoms with Crippen LogP contribution in [0.25, 0.3) is 0 Å². The number of ether oxygens (including phenoxy) is 2. The number of carbonyl (C=O) groups is 2. The lowest BCUT2D eigenvalue weighted by atomic mass is 9.96. The summed E-state index contributed by atoms with van der Waals surface area (Å²) < 4.78 is 12.0. The molecule has 2 aromatic rings. The molecular formula is C28H31N3O4. The van der Waals surface area contributed by atoms with Gasteiger partial charge in [-0.25, -0.2) is 0 Å². The summed E-state index contributed by atoms with van der Waals surface area (Å²) in [6.45, 7) is 6.98. The van der Waals surface area contributed by atoms with Crippen molar-refractivity contribution >= 4 is 17.5 Å². The monoisotopic (exact) mass is 473 g/mol. The van der Waals surface area contributed by atoms with Gasteiger partial charge in [0.25, 0.3) is 11.8 Å². The van der Waals surface area contributed by atoms with Crippen molar-refractivity contribution in [3.63, 3.8) is 0 Å². The maximum atomic E-state index is 13.3. The average molecular weight is 474 g/mol. The molecule has 2 amide bonds. The van der Waals surface area contributed by atoms with E-state index in [9.17, 15) is 9.59 Å². The Balaban J connectivity index is 1.26. The zero-order valence-corrected chi connectivity index (χ0v) is 20.4. The van der Waals surface area contributed by atoms with Crippen LogP contribution < -0.4 is 14.8 Å². The van der Waals surface area contributed by atoms with E-state index in [0.717, 1.165) is 17.7 Å². The molecule has 1 fully saturated rings. The van der Waals surface area contributed by atoms with Crippen molar-refractivity contribution in [3.8, 4) is 11.5 Å². The number of hydrogen-bond donors (Lipinski definition) is 1. The highest BCUT2D eigenvalue weighted by Gasteiger charge is 2.43. The van der Waals surface area contributed by atoms with E-state index in [1.54, 1.807) is 12.1 Å². The molecule has 1 unspecified atom stereocenters. The number of carbonyl (C=O) groups excluding carboxylic acids is 2. The van der Waals surface area contributed by atoms with Gasteiger partial charge >= 0.3 is 0 Å². The minimum absolute atomic E-state index is 0.0189. The molecule has 0 radical (unpaired) electrons. The first-order chi connectivity index (χ1) is 16.9. The van der Waals surface area contributed by atoms with Crippen molar-refractivity contribution in [1.29, 1.82) is 0 Å². The van der Waals surface area contributed by atoms with Gasteiger partial charge in [-0.2, -0.15) is 0 Å². The molecular weight excluding hydrogens is 442 g/mol. The molecule has 3 aliphatic heterocycles. The maximum absolute atomic E-state index is 13.3. The Labute approximate surface area is 205 Å². The van der Waals surface area contributed by atoms with E-state index in [1.165, 1.54) is 0 Å². The van der Waals surface area contributed by atoms with E-state index in [2.05, 4.69) is 18.3 Å². The number of rotatable bonds is 5. The number of amides is 2. The predicted octanol–water partition coefficient (Wildman–Crippen LogP) is 4.37. The molecule has 1 N–H and O–H groups in total. The normalized spacial score (nSPS) is 20.3. The van der Waals surface area contributed by atoms with Crippen LogP contribution in [0.2, 0.25) is 0 Å². The average Bonchev–Trinajstić information content (AvgIpc) is 3.34. The van der Waals surface area contributed by atoms with Gasteiger partial charge in [0, 0.05) is 37.1 Å². The van der Waals surface area contributed by atoms with Crippen LogP contribution in [0, 0.1) is 0 Å². The predicted molar refractivity (Wildman–Crippen MR) is 134 cm³/mol. The van der Waals surface area contributed by atoms with Crippen LogP contribution in [0.15, 0.2) is 59.6 Å². The van der Waals surface area contributed by atoms with E-state index < -0.39 is 5.72 Å². The van der Waals surface area contributed by atoms with Crippen LogP contribution in [0.3, 0.4) is 0 Å². The Hall–Kier alpha value is -3.61. The number of nitrogens with one attached hydrogen (secondary N) is 1. The first-order valence-electron chi connectivity index (χ1n) is 12.3. The third kappa shape index (κ3) is 4.67. The summed E-state index contributed by atoms with van der Waals surface area (Å²) in [4.78, 5) is 32.7. The first-order valence-corrected chi connectivity index (χ1v) is 12.3. The van der Waals surface area contributed by atoms with E-state index in [4.69, 9.17) is 14.5 Å². The second-order valence-corrected chi connectivity index (χ2v) is 9.60. The maximum Gasteiger partial charge on any atom is 0.258 e. The minimum Gasteiger partial charge on any atom is -0.491 e. The Morgan fingerprint density at radius 1 is 1.23 bits per heavy atom. The lowest BCUT2D eigenvalue weighted by Crippen LogP contribution is -2.61. The number of aliphatic imine (C=N–C) groups is 1. The Bertz CT molecular complexity index is 1210. The van der Waals surface area contributed by atoms with Gasteiger partial charge < -0.3 is 19.7 Å². The second-order valence-electron chi connectivity index (χ2n) is 9.60. The number of allylic oxidation sites excluding steroid dienone is 1. The molecule has 7 nitrogen and oxygen atoms in total. The van der Waals surface area contributed by atoms with Gasteiger partial charge in [-0.05, 0) is 56.7 Å². The van der Waals surface area contributed by atoms with Crippen LogP contribution >= 0.6 is 0 Å². The van der Waals surface area contributed by atoms with E-state index in [0.29, 0.717) is 48.6 Å². The highest BCUT2D eigenvalue weighted by molar-refractivity contribution is 6.11. The number of nitrogens with zero attached hydrogens (tertiary/aromatic N) is 2. The fraction of sp³-hybridized carbons (Fsp3) is 0.393. The molecule has 0 saturated carbocycles. The van der Waals surface area contributed by atoms with E-state index >= 15 is 0 Å². The lowest BCUT2D eigenvalue weighted by Gasteiger charge is -2.44. The van der Waals surface area contributed by atoms with Gasteiger partial charge in [-0.1, -0.05) is 25.1 Å². The van der Waals surface area contributed by atoms with Gasteiger partial charge in [0.2, 0.25) is 0 Å². The second kappa shape index (κ2) is 9.21. The summed E-state index contributed by atoms with van der Waals surface area (Å²) in [7, 11) is 0.